The Labute approximate surface area is 497 Å². The van der Waals surface area contributed by atoms with Crippen molar-refractivity contribution < 1.29 is 28.6 Å². The number of carbonyl (C=O) groups is 3. The van der Waals surface area contributed by atoms with Crippen molar-refractivity contribution in [1.82, 2.24) is 0 Å². The van der Waals surface area contributed by atoms with E-state index in [1.807, 2.05) is 0 Å². The molecule has 0 saturated carbocycles. The van der Waals surface area contributed by atoms with Crippen LogP contribution in [0.5, 0.6) is 0 Å². The van der Waals surface area contributed by atoms with Crippen LogP contribution in [0.1, 0.15) is 361 Å². The number of hydrogen-bond donors (Lipinski definition) is 0. The van der Waals surface area contributed by atoms with Crippen molar-refractivity contribution in [3.8, 4) is 0 Å². The summed E-state index contributed by atoms with van der Waals surface area (Å²) in [7, 11) is 0. The Hall–Kier alpha value is -3.15. The van der Waals surface area contributed by atoms with E-state index in [4.69, 9.17) is 14.2 Å². The van der Waals surface area contributed by atoms with Crippen molar-refractivity contribution in [2.24, 2.45) is 0 Å². The van der Waals surface area contributed by atoms with Crippen LogP contribution in [-0.4, -0.2) is 37.2 Å². The van der Waals surface area contributed by atoms with E-state index >= 15 is 0 Å². The molecule has 80 heavy (non-hydrogen) atoms. The minimum Gasteiger partial charge on any atom is -0.462 e. The maximum absolute atomic E-state index is 13.0. The molecule has 0 aliphatic carbocycles. The number of esters is 3. The fourth-order valence-corrected chi connectivity index (χ4v) is 10.2. The minimum atomic E-state index is -0.783. The first-order chi connectivity index (χ1) is 39.5. The topological polar surface area (TPSA) is 78.9 Å². The van der Waals surface area contributed by atoms with Crippen LogP contribution in [-0.2, 0) is 28.6 Å². The van der Waals surface area contributed by atoms with Crippen LogP contribution < -0.4 is 0 Å². The monoisotopic (exact) mass is 1120 g/mol. The quantitative estimate of drug-likeness (QED) is 0.0261. The van der Waals surface area contributed by atoms with E-state index < -0.39 is 6.10 Å². The second-order valence-electron chi connectivity index (χ2n) is 23.4. The third-order valence-corrected chi connectivity index (χ3v) is 15.4. The molecule has 0 spiro atoms. The predicted octanol–water partition coefficient (Wildman–Crippen LogP) is 24.1. The highest BCUT2D eigenvalue weighted by atomic mass is 16.6. The number of unbranched alkanes of at least 4 members (excludes halogenated alkanes) is 41. The molecule has 0 aromatic carbocycles. The van der Waals surface area contributed by atoms with Crippen LogP contribution in [0.3, 0.4) is 0 Å². The molecule has 0 aliphatic heterocycles. The van der Waals surface area contributed by atoms with Gasteiger partial charge in [-0.25, -0.2) is 0 Å². The number of allylic oxidation sites excluding steroid dienone is 12. The Morgan fingerprint density at radius 3 is 0.775 bits per heavy atom. The molecule has 1 unspecified atom stereocenters. The van der Waals surface area contributed by atoms with E-state index in [0.29, 0.717) is 19.3 Å². The number of hydrogen-bond acceptors (Lipinski definition) is 6. The number of ether oxygens (including phenoxy) is 3. The van der Waals surface area contributed by atoms with Gasteiger partial charge in [-0.15, -0.1) is 0 Å². The average molecular weight is 1120 g/mol. The molecule has 6 heteroatoms. The smallest absolute Gasteiger partial charge is 0.306 e. The molecule has 0 aromatic rings. The first-order valence-corrected chi connectivity index (χ1v) is 34.9. The van der Waals surface area contributed by atoms with Crippen LogP contribution in [0, 0.1) is 0 Å². The van der Waals surface area contributed by atoms with Crippen LogP contribution in [0.4, 0.5) is 0 Å². The molecule has 0 bridgehead atoms. The molecular formula is C74H132O6. The fraction of sp³-hybridized carbons (Fsp3) is 0.797. The van der Waals surface area contributed by atoms with Gasteiger partial charge in [-0.1, -0.05) is 325 Å². The van der Waals surface area contributed by atoms with Gasteiger partial charge in [-0.2, -0.15) is 0 Å². The summed E-state index contributed by atoms with van der Waals surface area (Å²) in [4.78, 5) is 38.5. The van der Waals surface area contributed by atoms with E-state index in [2.05, 4.69) is 93.7 Å². The van der Waals surface area contributed by atoms with Gasteiger partial charge in [0.2, 0.25) is 0 Å². The zero-order valence-corrected chi connectivity index (χ0v) is 53.3. The molecule has 0 saturated heterocycles. The molecule has 0 rings (SSSR count). The zero-order valence-electron chi connectivity index (χ0n) is 53.3. The lowest BCUT2D eigenvalue weighted by molar-refractivity contribution is -0.167. The van der Waals surface area contributed by atoms with Gasteiger partial charge in [-0.3, -0.25) is 14.4 Å². The largest absolute Gasteiger partial charge is 0.462 e. The molecule has 0 amide bonds. The van der Waals surface area contributed by atoms with Gasteiger partial charge in [0.15, 0.2) is 6.10 Å². The van der Waals surface area contributed by atoms with Crippen molar-refractivity contribution in [2.75, 3.05) is 13.2 Å². The second kappa shape index (κ2) is 68.3. The van der Waals surface area contributed by atoms with Crippen LogP contribution in [0.15, 0.2) is 72.9 Å². The first kappa shape index (κ1) is 76.9. The van der Waals surface area contributed by atoms with Crippen LogP contribution in [0.25, 0.3) is 0 Å². The highest BCUT2D eigenvalue weighted by molar-refractivity contribution is 5.71. The lowest BCUT2D eigenvalue weighted by Crippen LogP contribution is -2.30. The van der Waals surface area contributed by atoms with Gasteiger partial charge >= 0.3 is 17.9 Å². The maximum atomic E-state index is 13.0. The Morgan fingerprint density at radius 2 is 0.487 bits per heavy atom. The summed E-state index contributed by atoms with van der Waals surface area (Å²) in [5.41, 5.74) is 0. The van der Waals surface area contributed by atoms with Gasteiger partial charge < -0.3 is 14.2 Å². The zero-order chi connectivity index (χ0) is 57.8. The van der Waals surface area contributed by atoms with Crippen LogP contribution in [0.2, 0.25) is 0 Å². The van der Waals surface area contributed by atoms with Gasteiger partial charge in [0.1, 0.15) is 13.2 Å². The molecule has 464 valence electrons. The van der Waals surface area contributed by atoms with Gasteiger partial charge in [0, 0.05) is 19.3 Å². The minimum absolute atomic E-state index is 0.0789. The predicted molar refractivity (Wildman–Crippen MR) is 348 cm³/mol. The molecule has 6 nitrogen and oxygen atoms in total. The van der Waals surface area contributed by atoms with Gasteiger partial charge in [-0.05, 0) is 89.9 Å². The summed E-state index contributed by atoms with van der Waals surface area (Å²) < 4.78 is 17.0. The first-order valence-electron chi connectivity index (χ1n) is 34.9. The third kappa shape index (κ3) is 65.7. The summed E-state index contributed by atoms with van der Waals surface area (Å²) >= 11 is 0. The molecular weight excluding hydrogens is 985 g/mol. The Bertz CT molecular complexity index is 1470. The van der Waals surface area contributed by atoms with Crippen molar-refractivity contribution in [1.29, 1.82) is 0 Å². The maximum Gasteiger partial charge on any atom is 0.306 e. The lowest BCUT2D eigenvalue weighted by atomic mass is 10.0. The van der Waals surface area contributed by atoms with Gasteiger partial charge in [0.05, 0.1) is 0 Å². The molecule has 0 heterocycles. The standard InChI is InChI=1S/C74H132O6/c1-4-7-10-13-16-19-22-25-28-31-33-35-37-39-41-43-46-49-52-55-58-61-64-67-73(76)79-70-71(69-78-72(75)66-63-60-57-54-51-48-45-30-27-24-21-18-15-12-9-6-3)80-74(77)68-65-62-59-56-53-50-47-44-42-40-38-36-34-32-29-26-23-20-17-14-11-8-5-2/h7,10,16,19,21,24-25,28,30,33,35,45,71H,4-6,8-9,11-15,17-18,20,22-23,26-27,29,31-32,34,36-44,46-70H2,1-3H3/b10-7-,19-16-,24-21-,28-25-,35-33-,45-30-. The highest BCUT2D eigenvalue weighted by Gasteiger charge is 2.19. The van der Waals surface area contributed by atoms with Crippen molar-refractivity contribution in [3.63, 3.8) is 0 Å². The van der Waals surface area contributed by atoms with E-state index in [-0.39, 0.29) is 31.1 Å². The molecule has 0 radical (unpaired) electrons. The van der Waals surface area contributed by atoms with Crippen molar-refractivity contribution >= 4 is 17.9 Å². The molecule has 0 fully saturated rings. The lowest BCUT2D eigenvalue weighted by Gasteiger charge is -2.18. The number of rotatable bonds is 64. The Kier molecular flexibility index (Phi) is 65.7. The number of carbonyl (C=O) groups excluding carboxylic acids is 3. The van der Waals surface area contributed by atoms with Gasteiger partial charge in [0.25, 0.3) is 0 Å². The summed E-state index contributed by atoms with van der Waals surface area (Å²) in [6.45, 7) is 6.56. The highest BCUT2D eigenvalue weighted by Crippen LogP contribution is 2.18. The average Bonchev–Trinajstić information content (AvgIpc) is 3.46. The summed E-state index contributed by atoms with van der Waals surface area (Å²) in [5.74, 6) is -0.874. The molecule has 0 aromatic heterocycles. The summed E-state index contributed by atoms with van der Waals surface area (Å²) in [5, 5.41) is 0. The normalized spacial score (nSPS) is 12.5. The van der Waals surface area contributed by atoms with E-state index in [1.165, 1.54) is 218 Å². The third-order valence-electron chi connectivity index (χ3n) is 15.4. The fourth-order valence-electron chi connectivity index (χ4n) is 10.2. The van der Waals surface area contributed by atoms with E-state index in [9.17, 15) is 14.4 Å². The van der Waals surface area contributed by atoms with Crippen LogP contribution >= 0.6 is 0 Å². The molecule has 0 aliphatic rings. The SMILES string of the molecule is CC/C=C\C/C=C\C/C=C\C/C=C\CCCCCCCCCCCCC(=O)OCC(COC(=O)CCCCCCC/C=C\C/C=C\CCCCCC)OC(=O)CCCCCCCCCCCCCCCCCCCCCCCCC. The Morgan fingerprint density at radius 1 is 0.263 bits per heavy atom. The van der Waals surface area contributed by atoms with E-state index in [0.717, 1.165) is 103 Å². The molecule has 1 atom stereocenters. The van der Waals surface area contributed by atoms with E-state index in [1.54, 1.807) is 0 Å². The summed E-state index contributed by atoms with van der Waals surface area (Å²) in [6, 6.07) is 0. The van der Waals surface area contributed by atoms with Crippen molar-refractivity contribution in [2.45, 2.75) is 367 Å². The second-order valence-corrected chi connectivity index (χ2v) is 23.4. The van der Waals surface area contributed by atoms with Crippen molar-refractivity contribution in [3.05, 3.63) is 72.9 Å². The summed E-state index contributed by atoms with van der Waals surface area (Å²) in [6.07, 6.45) is 89.2. The Balaban J connectivity index is 4.33. The molecule has 0 N–H and O–H groups in total.